The van der Waals surface area contributed by atoms with Crippen LogP contribution in [0, 0.1) is 12.7 Å². The standard InChI is InChI=1S/C15H15BrFN5O2S/c1-10-14(9-21(2)18-10)25(23,24)20-15-12(16)8-22(19-15)7-11-5-3-4-6-13(11)17/h3-6,8-9H,7H2,1-2H3,(H,19,20). The van der Waals surface area contributed by atoms with Crippen LogP contribution in [0.15, 0.2) is 46.0 Å². The predicted octanol–water partition coefficient (Wildman–Crippen LogP) is 2.68. The highest BCUT2D eigenvalue weighted by Gasteiger charge is 2.22. The van der Waals surface area contributed by atoms with Gasteiger partial charge in [-0.15, -0.1) is 0 Å². The van der Waals surface area contributed by atoms with Crippen LogP contribution in [0.1, 0.15) is 11.3 Å². The number of hydrogen-bond donors (Lipinski definition) is 1. The Labute approximate surface area is 152 Å². The monoisotopic (exact) mass is 427 g/mol. The largest absolute Gasteiger partial charge is 0.274 e. The zero-order valence-electron chi connectivity index (χ0n) is 13.4. The lowest BCUT2D eigenvalue weighted by Gasteiger charge is -2.05. The molecule has 2 heterocycles. The maximum atomic E-state index is 13.7. The minimum Gasteiger partial charge on any atom is -0.274 e. The number of aryl methyl sites for hydroxylation is 2. The van der Waals surface area contributed by atoms with Crippen LogP contribution >= 0.6 is 15.9 Å². The number of nitrogens with one attached hydrogen (secondary N) is 1. The lowest BCUT2D eigenvalue weighted by atomic mass is 10.2. The molecule has 0 radical (unpaired) electrons. The van der Waals surface area contributed by atoms with Gasteiger partial charge in [0.1, 0.15) is 10.7 Å². The zero-order valence-corrected chi connectivity index (χ0v) is 15.8. The van der Waals surface area contributed by atoms with E-state index in [-0.39, 0.29) is 23.1 Å². The molecule has 0 saturated heterocycles. The summed E-state index contributed by atoms with van der Waals surface area (Å²) in [4.78, 5) is 0.0746. The average Bonchev–Trinajstić information content (AvgIpc) is 3.04. The van der Waals surface area contributed by atoms with E-state index in [0.29, 0.717) is 15.7 Å². The molecule has 1 aromatic carbocycles. The molecule has 0 atom stereocenters. The molecule has 0 fully saturated rings. The maximum absolute atomic E-state index is 13.7. The molecule has 3 aromatic rings. The summed E-state index contributed by atoms with van der Waals surface area (Å²) < 4.78 is 44.5. The summed E-state index contributed by atoms with van der Waals surface area (Å²) >= 11 is 3.27. The van der Waals surface area contributed by atoms with E-state index in [2.05, 4.69) is 30.8 Å². The second-order valence-electron chi connectivity index (χ2n) is 5.47. The van der Waals surface area contributed by atoms with Gasteiger partial charge < -0.3 is 0 Å². The normalized spacial score (nSPS) is 11.7. The number of benzene rings is 1. The SMILES string of the molecule is Cc1nn(C)cc1S(=O)(=O)Nc1nn(Cc2ccccc2F)cc1Br. The van der Waals surface area contributed by atoms with Gasteiger partial charge in [-0.05, 0) is 28.9 Å². The Bertz CT molecular complexity index is 1030. The summed E-state index contributed by atoms with van der Waals surface area (Å²) in [6, 6.07) is 6.34. The quantitative estimate of drug-likeness (QED) is 0.678. The minimum atomic E-state index is -3.83. The second-order valence-corrected chi connectivity index (χ2v) is 7.98. The Kier molecular flexibility index (Phi) is 4.65. The molecule has 0 aliphatic heterocycles. The van der Waals surface area contributed by atoms with E-state index >= 15 is 0 Å². The van der Waals surface area contributed by atoms with Gasteiger partial charge >= 0.3 is 0 Å². The van der Waals surface area contributed by atoms with Crippen molar-refractivity contribution in [2.75, 3.05) is 4.72 Å². The minimum absolute atomic E-state index is 0.0746. The van der Waals surface area contributed by atoms with Crippen molar-refractivity contribution in [1.29, 1.82) is 0 Å². The number of anilines is 1. The van der Waals surface area contributed by atoms with E-state index in [0.717, 1.165) is 0 Å². The number of rotatable bonds is 5. The molecule has 132 valence electrons. The van der Waals surface area contributed by atoms with Crippen molar-refractivity contribution in [3.63, 3.8) is 0 Å². The van der Waals surface area contributed by atoms with Gasteiger partial charge in [0.05, 0.1) is 16.7 Å². The Morgan fingerprint density at radius 2 is 1.96 bits per heavy atom. The van der Waals surface area contributed by atoms with Crippen molar-refractivity contribution in [1.82, 2.24) is 19.6 Å². The zero-order chi connectivity index (χ0) is 18.2. The molecule has 1 N–H and O–H groups in total. The highest BCUT2D eigenvalue weighted by Crippen LogP contribution is 2.25. The molecule has 25 heavy (non-hydrogen) atoms. The van der Waals surface area contributed by atoms with E-state index in [1.165, 1.54) is 21.6 Å². The van der Waals surface area contributed by atoms with Crippen LogP contribution in [0.3, 0.4) is 0 Å². The smallest absolute Gasteiger partial charge is 0.266 e. The van der Waals surface area contributed by atoms with Gasteiger partial charge in [-0.3, -0.25) is 14.1 Å². The van der Waals surface area contributed by atoms with Gasteiger partial charge in [-0.2, -0.15) is 10.2 Å². The molecule has 2 aromatic heterocycles. The fourth-order valence-corrected chi connectivity index (χ4v) is 4.15. The maximum Gasteiger partial charge on any atom is 0.266 e. The van der Waals surface area contributed by atoms with Crippen LogP contribution in [0.4, 0.5) is 10.2 Å². The molecule has 0 spiro atoms. The van der Waals surface area contributed by atoms with Crippen molar-refractivity contribution >= 4 is 31.8 Å². The van der Waals surface area contributed by atoms with E-state index in [9.17, 15) is 12.8 Å². The molecule has 0 bridgehead atoms. The molecule has 0 aliphatic carbocycles. The lowest BCUT2D eigenvalue weighted by molar-refractivity contribution is 0.585. The van der Waals surface area contributed by atoms with E-state index in [1.54, 1.807) is 38.4 Å². The van der Waals surface area contributed by atoms with Crippen LogP contribution < -0.4 is 4.72 Å². The Balaban J connectivity index is 1.86. The van der Waals surface area contributed by atoms with Crippen LogP contribution in [-0.2, 0) is 23.6 Å². The molecule has 0 unspecified atom stereocenters. The molecule has 0 aliphatic rings. The fraction of sp³-hybridized carbons (Fsp3) is 0.200. The first-order valence-corrected chi connectivity index (χ1v) is 9.53. The van der Waals surface area contributed by atoms with Crippen molar-refractivity contribution in [3.8, 4) is 0 Å². The topological polar surface area (TPSA) is 81.8 Å². The summed E-state index contributed by atoms with van der Waals surface area (Å²) in [6.45, 7) is 1.79. The first kappa shape index (κ1) is 17.6. The van der Waals surface area contributed by atoms with Gasteiger partial charge in [-0.1, -0.05) is 18.2 Å². The van der Waals surface area contributed by atoms with E-state index < -0.39 is 10.0 Å². The highest BCUT2D eigenvalue weighted by atomic mass is 79.9. The van der Waals surface area contributed by atoms with Gasteiger partial charge in [0.25, 0.3) is 10.0 Å². The second kappa shape index (κ2) is 6.60. The Hall–Kier alpha value is -2.20. The fourth-order valence-electron chi connectivity index (χ4n) is 2.37. The van der Waals surface area contributed by atoms with E-state index in [4.69, 9.17) is 0 Å². The third-order valence-corrected chi connectivity index (χ3v) is 5.52. The number of hydrogen-bond acceptors (Lipinski definition) is 4. The Morgan fingerprint density at radius 1 is 1.24 bits per heavy atom. The predicted molar refractivity (Wildman–Crippen MR) is 94.2 cm³/mol. The average molecular weight is 428 g/mol. The number of sulfonamides is 1. The van der Waals surface area contributed by atoms with Gasteiger partial charge in [0.15, 0.2) is 5.82 Å². The van der Waals surface area contributed by atoms with Gasteiger partial charge in [0, 0.05) is 25.0 Å². The van der Waals surface area contributed by atoms with Crippen molar-refractivity contribution in [2.24, 2.45) is 7.05 Å². The summed E-state index contributed by atoms with van der Waals surface area (Å²) in [7, 11) is -2.18. The van der Waals surface area contributed by atoms with Gasteiger partial charge in [0.2, 0.25) is 0 Å². The third kappa shape index (κ3) is 3.74. The van der Waals surface area contributed by atoms with Crippen LogP contribution in [0.5, 0.6) is 0 Å². The molecule has 3 rings (SSSR count). The van der Waals surface area contributed by atoms with Crippen molar-refractivity contribution < 1.29 is 12.8 Å². The number of nitrogens with zero attached hydrogens (tertiary/aromatic N) is 4. The highest BCUT2D eigenvalue weighted by molar-refractivity contribution is 9.10. The summed E-state index contributed by atoms with van der Waals surface area (Å²) in [6.07, 6.45) is 3.00. The lowest BCUT2D eigenvalue weighted by Crippen LogP contribution is -2.14. The van der Waals surface area contributed by atoms with Crippen LogP contribution in [0.2, 0.25) is 0 Å². The first-order valence-electron chi connectivity index (χ1n) is 7.25. The first-order chi connectivity index (χ1) is 11.8. The van der Waals surface area contributed by atoms with E-state index in [1.807, 2.05) is 0 Å². The summed E-state index contributed by atoms with van der Waals surface area (Å²) in [5, 5.41) is 8.21. The van der Waals surface area contributed by atoms with Crippen molar-refractivity contribution in [3.05, 3.63) is 58.2 Å². The number of aromatic nitrogens is 4. The molecular formula is C15H15BrFN5O2S. The van der Waals surface area contributed by atoms with Gasteiger partial charge in [-0.25, -0.2) is 12.8 Å². The molecule has 10 heteroatoms. The summed E-state index contributed by atoms with van der Waals surface area (Å²) in [5.74, 6) is -0.221. The molecule has 0 amide bonds. The molecule has 7 nitrogen and oxygen atoms in total. The number of halogens is 2. The molecule has 0 saturated carbocycles. The molecular weight excluding hydrogens is 413 g/mol. The summed E-state index contributed by atoms with van der Waals surface area (Å²) in [5.41, 5.74) is 0.840. The Morgan fingerprint density at radius 3 is 2.60 bits per heavy atom. The van der Waals surface area contributed by atoms with Crippen LogP contribution in [-0.4, -0.2) is 28.0 Å². The third-order valence-electron chi connectivity index (χ3n) is 3.50. The van der Waals surface area contributed by atoms with Crippen molar-refractivity contribution in [2.45, 2.75) is 18.4 Å². The van der Waals surface area contributed by atoms with Crippen LogP contribution in [0.25, 0.3) is 0 Å².